The van der Waals surface area contributed by atoms with E-state index in [0.717, 1.165) is 23.4 Å². The van der Waals surface area contributed by atoms with E-state index in [4.69, 9.17) is 0 Å². The summed E-state index contributed by atoms with van der Waals surface area (Å²) in [5.41, 5.74) is 1.33. The number of hydrogen-bond acceptors (Lipinski definition) is 3. The third-order valence-electron chi connectivity index (χ3n) is 2.42. The van der Waals surface area contributed by atoms with Gasteiger partial charge in [0.25, 0.3) is 0 Å². The molecule has 0 aliphatic heterocycles. The molecular formula is C13H22BrN3. The molecule has 0 aliphatic carbocycles. The van der Waals surface area contributed by atoms with Gasteiger partial charge in [0.15, 0.2) is 0 Å². The molecule has 0 radical (unpaired) electrons. The van der Waals surface area contributed by atoms with Gasteiger partial charge in [-0.3, -0.25) is 0 Å². The fraction of sp³-hybridized carbons (Fsp3) is 0.615. The average Bonchev–Trinajstić information content (AvgIpc) is 2.15. The Balaban J connectivity index is 2.55. The van der Waals surface area contributed by atoms with Crippen molar-refractivity contribution in [2.45, 2.75) is 33.2 Å². The predicted octanol–water partition coefficient (Wildman–Crippen LogP) is 2.98. The van der Waals surface area contributed by atoms with E-state index in [2.05, 4.69) is 65.0 Å². The van der Waals surface area contributed by atoms with Gasteiger partial charge in [-0.15, -0.1) is 0 Å². The molecule has 0 aliphatic rings. The third-order valence-corrected chi connectivity index (χ3v) is 3.01. The van der Waals surface area contributed by atoms with Crippen molar-refractivity contribution in [2.75, 3.05) is 25.0 Å². The number of hydrogen-bond donors (Lipinski definition) is 1. The Morgan fingerprint density at radius 2 is 2.06 bits per heavy atom. The highest BCUT2D eigenvalue weighted by Gasteiger charge is 2.10. The Labute approximate surface area is 113 Å². The van der Waals surface area contributed by atoms with E-state index in [0.29, 0.717) is 0 Å². The molecule has 96 valence electrons. The van der Waals surface area contributed by atoms with Gasteiger partial charge in [0.1, 0.15) is 5.82 Å². The second-order valence-corrected chi connectivity index (χ2v) is 6.27. The summed E-state index contributed by atoms with van der Waals surface area (Å²) >= 11 is 3.55. The van der Waals surface area contributed by atoms with Crippen LogP contribution in [-0.2, 0) is 0 Å². The van der Waals surface area contributed by atoms with Gasteiger partial charge in [-0.2, -0.15) is 0 Å². The maximum atomic E-state index is 4.44. The van der Waals surface area contributed by atoms with Crippen molar-refractivity contribution in [1.29, 1.82) is 0 Å². The smallest absolute Gasteiger partial charge is 0.142 e. The van der Waals surface area contributed by atoms with Gasteiger partial charge >= 0.3 is 0 Å². The minimum absolute atomic E-state index is 0.165. The molecule has 0 saturated carbocycles. The average molecular weight is 300 g/mol. The molecule has 0 aromatic carbocycles. The van der Waals surface area contributed by atoms with E-state index in [9.17, 15) is 0 Å². The summed E-state index contributed by atoms with van der Waals surface area (Å²) in [6, 6.07) is 2.09. The van der Waals surface area contributed by atoms with E-state index in [1.807, 2.05) is 13.1 Å². The molecule has 1 aromatic heterocycles. The lowest BCUT2D eigenvalue weighted by atomic mass is 10.1. The number of halogens is 1. The predicted molar refractivity (Wildman–Crippen MR) is 77.7 cm³/mol. The molecule has 0 saturated heterocycles. The highest BCUT2D eigenvalue weighted by Crippen LogP contribution is 2.23. The Kier molecular flexibility index (Phi) is 4.95. The summed E-state index contributed by atoms with van der Waals surface area (Å²) in [5.74, 6) is 0.992. The van der Waals surface area contributed by atoms with E-state index < -0.39 is 0 Å². The van der Waals surface area contributed by atoms with Gasteiger partial charge < -0.3 is 10.2 Å². The van der Waals surface area contributed by atoms with Crippen LogP contribution < -0.4 is 10.2 Å². The topological polar surface area (TPSA) is 28.2 Å². The molecular weight excluding hydrogens is 278 g/mol. The number of aromatic nitrogens is 1. The lowest BCUT2D eigenvalue weighted by Crippen LogP contribution is -2.40. The van der Waals surface area contributed by atoms with E-state index in [1.165, 1.54) is 5.56 Å². The zero-order chi connectivity index (χ0) is 13.1. The van der Waals surface area contributed by atoms with Gasteiger partial charge in [0.2, 0.25) is 0 Å². The lowest BCUT2D eigenvalue weighted by Gasteiger charge is -2.24. The zero-order valence-electron chi connectivity index (χ0n) is 11.3. The molecule has 1 heterocycles. The van der Waals surface area contributed by atoms with E-state index >= 15 is 0 Å². The third kappa shape index (κ3) is 5.04. The van der Waals surface area contributed by atoms with Crippen LogP contribution in [0, 0.1) is 6.92 Å². The number of nitrogens with zero attached hydrogens (tertiary/aromatic N) is 2. The molecule has 0 spiro atoms. The van der Waals surface area contributed by atoms with Gasteiger partial charge in [-0.1, -0.05) is 0 Å². The van der Waals surface area contributed by atoms with Gasteiger partial charge in [0, 0.05) is 31.9 Å². The van der Waals surface area contributed by atoms with Gasteiger partial charge in [0.05, 0.1) is 4.47 Å². The first kappa shape index (κ1) is 14.5. The maximum Gasteiger partial charge on any atom is 0.142 e. The molecule has 0 atom stereocenters. The van der Waals surface area contributed by atoms with Gasteiger partial charge in [-0.25, -0.2) is 4.98 Å². The molecule has 17 heavy (non-hydrogen) atoms. The van der Waals surface area contributed by atoms with Crippen LogP contribution in [0.5, 0.6) is 0 Å². The SMILES string of the molecule is Cc1cnc(N(C)CCNC(C)(C)C)c(Br)c1. The minimum atomic E-state index is 0.165. The summed E-state index contributed by atoms with van der Waals surface area (Å²) in [7, 11) is 2.06. The van der Waals surface area contributed by atoms with Crippen molar-refractivity contribution in [3.05, 3.63) is 22.3 Å². The Morgan fingerprint density at radius 1 is 1.41 bits per heavy atom. The molecule has 1 aromatic rings. The quantitative estimate of drug-likeness (QED) is 0.926. The van der Waals surface area contributed by atoms with Crippen LogP contribution in [0.15, 0.2) is 16.7 Å². The number of nitrogens with one attached hydrogen (secondary N) is 1. The van der Waals surface area contributed by atoms with E-state index in [1.54, 1.807) is 0 Å². The molecule has 0 bridgehead atoms. The Morgan fingerprint density at radius 3 is 2.59 bits per heavy atom. The standard InChI is InChI=1S/C13H22BrN3/c1-10-8-11(14)12(15-9-10)17(5)7-6-16-13(2,3)4/h8-9,16H,6-7H2,1-5H3. The zero-order valence-corrected chi connectivity index (χ0v) is 12.9. The summed E-state index contributed by atoms with van der Waals surface area (Å²) in [6.07, 6.45) is 1.90. The van der Waals surface area contributed by atoms with Crippen LogP contribution in [-0.4, -0.2) is 30.7 Å². The van der Waals surface area contributed by atoms with Crippen LogP contribution >= 0.6 is 15.9 Å². The van der Waals surface area contributed by atoms with Crippen LogP contribution in [0.2, 0.25) is 0 Å². The molecule has 1 rings (SSSR count). The Bertz CT molecular complexity index is 371. The molecule has 1 N–H and O–H groups in total. The van der Waals surface area contributed by atoms with E-state index in [-0.39, 0.29) is 5.54 Å². The maximum absolute atomic E-state index is 4.44. The first-order valence-corrected chi connectivity index (χ1v) is 6.67. The first-order chi connectivity index (χ1) is 7.79. The molecule has 0 fully saturated rings. The number of likely N-dealkylation sites (N-methyl/N-ethyl adjacent to an activating group) is 1. The molecule has 3 nitrogen and oxygen atoms in total. The molecule has 4 heteroatoms. The highest BCUT2D eigenvalue weighted by molar-refractivity contribution is 9.10. The number of rotatable bonds is 4. The second-order valence-electron chi connectivity index (χ2n) is 5.42. The monoisotopic (exact) mass is 299 g/mol. The van der Waals surface area contributed by atoms with Gasteiger partial charge in [-0.05, 0) is 55.3 Å². The highest BCUT2D eigenvalue weighted by atomic mass is 79.9. The number of anilines is 1. The van der Waals surface area contributed by atoms with Crippen LogP contribution in [0.1, 0.15) is 26.3 Å². The molecule has 0 amide bonds. The van der Waals surface area contributed by atoms with Crippen molar-refractivity contribution >= 4 is 21.7 Å². The lowest BCUT2D eigenvalue weighted by molar-refractivity contribution is 0.430. The fourth-order valence-corrected chi connectivity index (χ4v) is 2.28. The number of pyridine rings is 1. The van der Waals surface area contributed by atoms with Crippen LogP contribution in [0.25, 0.3) is 0 Å². The summed E-state index contributed by atoms with van der Waals surface area (Å²) < 4.78 is 1.05. The largest absolute Gasteiger partial charge is 0.357 e. The second kappa shape index (κ2) is 5.83. The van der Waals surface area contributed by atoms with Crippen LogP contribution in [0.3, 0.4) is 0 Å². The fourth-order valence-electron chi connectivity index (χ4n) is 1.51. The van der Waals surface area contributed by atoms with Crippen molar-refractivity contribution in [1.82, 2.24) is 10.3 Å². The molecule has 0 unspecified atom stereocenters. The first-order valence-electron chi connectivity index (χ1n) is 5.88. The van der Waals surface area contributed by atoms with Crippen LogP contribution in [0.4, 0.5) is 5.82 Å². The normalized spacial score (nSPS) is 11.6. The summed E-state index contributed by atoms with van der Waals surface area (Å²) in [4.78, 5) is 6.60. The summed E-state index contributed by atoms with van der Waals surface area (Å²) in [6.45, 7) is 10.4. The summed E-state index contributed by atoms with van der Waals surface area (Å²) in [5, 5.41) is 3.47. The van der Waals surface area contributed by atoms with Crippen molar-refractivity contribution < 1.29 is 0 Å². The number of aryl methyl sites for hydroxylation is 1. The van der Waals surface area contributed by atoms with Crippen molar-refractivity contribution in [3.63, 3.8) is 0 Å². The van der Waals surface area contributed by atoms with Crippen molar-refractivity contribution in [3.8, 4) is 0 Å². The minimum Gasteiger partial charge on any atom is -0.357 e. The Hall–Kier alpha value is -0.610. The van der Waals surface area contributed by atoms with Crippen molar-refractivity contribution in [2.24, 2.45) is 0 Å².